The van der Waals surface area contributed by atoms with Gasteiger partial charge >= 0.3 is 6.18 Å². The van der Waals surface area contributed by atoms with Crippen molar-refractivity contribution >= 4 is 17.4 Å². The van der Waals surface area contributed by atoms with Gasteiger partial charge < -0.3 is 25.2 Å². The van der Waals surface area contributed by atoms with Crippen LogP contribution in [0, 0.1) is 11.3 Å². The Bertz CT molecular complexity index is 1210. The third-order valence-electron chi connectivity index (χ3n) is 6.72. The molecule has 0 spiro atoms. The molecule has 11 nitrogen and oxygen atoms in total. The zero-order valence-electron chi connectivity index (χ0n) is 20.7. The van der Waals surface area contributed by atoms with Gasteiger partial charge in [0.2, 0.25) is 5.91 Å². The summed E-state index contributed by atoms with van der Waals surface area (Å²) in [5, 5.41) is 14.3. The number of aromatic amines is 1. The molecule has 2 fully saturated rings. The first-order chi connectivity index (χ1) is 18.2. The summed E-state index contributed by atoms with van der Waals surface area (Å²) in [6.45, 7) is 2.76. The number of H-pyrrole nitrogens is 1. The van der Waals surface area contributed by atoms with Crippen molar-refractivity contribution in [2.24, 2.45) is 5.73 Å². The van der Waals surface area contributed by atoms with Crippen molar-refractivity contribution < 1.29 is 22.7 Å². The molecule has 38 heavy (non-hydrogen) atoms. The summed E-state index contributed by atoms with van der Waals surface area (Å²) in [6.07, 6.45) is -0.956. The number of hydrogen-bond donors (Lipinski definition) is 2. The normalized spacial score (nSPS) is 18.9. The van der Waals surface area contributed by atoms with Crippen LogP contribution in [0.3, 0.4) is 0 Å². The molecule has 0 radical (unpaired) electrons. The molecule has 2 aliphatic heterocycles. The molecule has 2 aromatic rings. The zero-order chi connectivity index (χ0) is 27.3. The highest BCUT2D eigenvalue weighted by atomic mass is 19.4. The lowest BCUT2D eigenvalue weighted by Gasteiger charge is -2.35. The van der Waals surface area contributed by atoms with Crippen LogP contribution in [0.4, 0.5) is 24.7 Å². The summed E-state index contributed by atoms with van der Waals surface area (Å²) in [5.41, 5.74) is 3.80. The van der Waals surface area contributed by atoms with Crippen LogP contribution in [-0.2, 0) is 15.7 Å². The second-order valence-corrected chi connectivity index (χ2v) is 9.33. The predicted octanol–water partition coefficient (Wildman–Crippen LogP) is 1.11. The van der Waals surface area contributed by atoms with E-state index in [4.69, 9.17) is 15.7 Å². The third kappa shape index (κ3) is 6.40. The maximum atomic E-state index is 13.5. The van der Waals surface area contributed by atoms with Crippen LogP contribution in [0.15, 0.2) is 29.3 Å². The van der Waals surface area contributed by atoms with Crippen LogP contribution in [0.25, 0.3) is 0 Å². The van der Waals surface area contributed by atoms with E-state index in [-0.39, 0.29) is 37.3 Å². The number of amides is 1. The van der Waals surface area contributed by atoms with Gasteiger partial charge in [-0.2, -0.15) is 23.5 Å². The van der Waals surface area contributed by atoms with Gasteiger partial charge in [0, 0.05) is 51.4 Å². The average molecular weight is 535 g/mol. The smallest absolute Gasteiger partial charge is 0.378 e. The monoisotopic (exact) mass is 534 g/mol. The topological polar surface area (TPSA) is 144 Å². The number of anilines is 2. The van der Waals surface area contributed by atoms with Gasteiger partial charge in [-0.3, -0.25) is 9.59 Å². The summed E-state index contributed by atoms with van der Waals surface area (Å²) in [5.74, 6) is 0.654. The third-order valence-corrected chi connectivity index (χ3v) is 6.72. The lowest BCUT2D eigenvalue weighted by molar-refractivity contribution is -0.138. The minimum absolute atomic E-state index is 0.0744. The number of nitrogens with zero attached hydrogens (tertiary/aromatic N) is 6. The van der Waals surface area contributed by atoms with E-state index >= 15 is 0 Å². The van der Waals surface area contributed by atoms with Crippen molar-refractivity contribution in [2.45, 2.75) is 37.5 Å². The molecule has 3 N–H and O–H groups in total. The lowest BCUT2D eigenvalue weighted by atomic mass is 10.1. The van der Waals surface area contributed by atoms with E-state index in [1.54, 1.807) is 17.0 Å². The molecular formula is C24H29F3N8O3. The maximum absolute atomic E-state index is 13.5. The molecule has 0 aliphatic carbocycles. The molecule has 204 valence electrons. The number of ether oxygens (including phenoxy) is 1. The molecule has 0 saturated carbocycles. The molecule has 2 atom stereocenters. The molecule has 4 heterocycles. The number of carbonyl (C=O) groups excluding carboxylic acids is 1. The molecule has 4 rings (SSSR count). The summed E-state index contributed by atoms with van der Waals surface area (Å²) < 4.78 is 46.2. The first-order valence-corrected chi connectivity index (χ1v) is 12.3. The quantitative estimate of drug-likeness (QED) is 0.509. The number of alkyl halides is 3. The fourth-order valence-corrected chi connectivity index (χ4v) is 4.80. The fourth-order valence-electron chi connectivity index (χ4n) is 4.80. The maximum Gasteiger partial charge on any atom is 0.423 e. The number of aromatic nitrogens is 3. The number of rotatable bonds is 8. The highest BCUT2D eigenvalue weighted by molar-refractivity contribution is 5.77. The van der Waals surface area contributed by atoms with E-state index in [0.29, 0.717) is 51.1 Å². The Morgan fingerprint density at radius 1 is 1.24 bits per heavy atom. The number of pyridine rings is 1. The first-order valence-electron chi connectivity index (χ1n) is 12.3. The highest BCUT2D eigenvalue weighted by Crippen LogP contribution is 2.36. The van der Waals surface area contributed by atoms with Gasteiger partial charge in [0.15, 0.2) is 0 Å². The van der Waals surface area contributed by atoms with Crippen LogP contribution in [0.2, 0.25) is 0 Å². The van der Waals surface area contributed by atoms with E-state index in [0.717, 1.165) is 12.0 Å². The summed E-state index contributed by atoms with van der Waals surface area (Å²) in [4.78, 5) is 34.1. The molecule has 1 amide bonds. The van der Waals surface area contributed by atoms with Gasteiger partial charge in [-0.05, 0) is 25.0 Å². The lowest BCUT2D eigenvalue weighted by Crippen LogP contribution is -2.50. The van der Waals surface area contributed by atoms with Crippen molar-refractivity contribution in [3.05, 3.63) is 46.0 Å². The molecule has 2 saturated heterocycles. The number of nitrogens with two attached hydrogens (primary N) is 1. The van der Waals surface area contributed by atoms with Crippen LogP contribution in [0.1, 0.15) is 30.4 Å². The number of carbonyl (C=O) groups is 1. The first kappa shape index (κ1) is 27.3. The molecule has 2 aliphatic rings. The van der Waals surface area contributed by atoms with E-state index in [1.807, 2.05) is 16.1 Å². The minimum Gasteiger partial charge on any atom is -0.378 e. The van der Waals surface area contributed by atoms with Gasteiger partial charge in [-0.25, -0.2) is 10.1 Å². The van der Waals surface area contributed by atoms with Crippen LogP contribution in [0.5, 0.6) is 0 Å². The van der Waals surface area contributed by atoms with E-state index in [2.05, 4.69) is 10.1 Å². The number of nitriles is 1. The van der Waals surface area contributed by atoms with Crippen molar-refractivity contribution in [3.63, 3.8) is 0 Å². The Balaban J connectivity index is 1.23. The fraction of sp³-hybridized carbons (Fsp3) is 0.542. The largest absolute Gasteiger partial charge is 0.423 e. The van der Waals surface area contributed by atoms with Crippen LogP contribution < -0.4 is 21.1 Å². The van der Waals surface area contributed by atoms with Gasteiger partial charge in [0.1, 0.15) is 17.5 Å². The average Bonchev–Trinajstić information content (AvgIpc) is 3.36. The zero-order valence-corrected chi connectivity index (χ0v) is 20.7. The Morgan fingerprint density at radius 3 is 2.66 bits per heavy atom. The highest BCUT2D eigenvalue weighted by Gasteiger charge is 2.40. The van der Waals surface area contributed by atoms with Crippen molar-refractivity contribution in [1.29, 1.82) is 5.26 Å². The second kappa shape index (κ2) is 11.8. The summed E-state index contributed by atoms with van der Waals surface area (Å²) in [6, 6.07) is 4.58. The number of halogens is 3. The van der Waals surface area contributed by atoms with Gasteiger partial charge in [0.25, 0.3) is 5.56 Å². The van der Waals surface area contributed by atoms with Gasteiger partial charge in [-0.1, -0.05) is 0 Å². The van der Waals surface area contributed by atoms with Gasteiger partial charge in [-0.15, -0.1) is 0 Å². The van der Waals surface area contributed by atoms with Crippen LogP contribution in [-0.4, -0.2) is 84.0 Å². The van der Waals surface area contributed by atoms with Crippen molar-refractivity contribution in [3.8, 4) is 6.07 Å². The molecule has 2 aromatic heterocycles. The van der Waals surface area contributed by atoms with Crippen LogP contribution >= 0.6 is 0 Å². The molecule has 1 unspecified atom stereocenters. The second-order valence-electron chi connectivity index (χ2n) is 9.33. The Labute approximate surface area is 217 Å². The SMILES string of the molecule is N#Cc1ccc(N2CCN(C(=O)CC(N)COC[C@@H]3CCCN3c3cn[nH]c(=O)c3C(F)(F)F)CC2)nc1. The summed E-state index contributed by atoms with van der Waals surface area (Å²) in [7, 11) is 0. The van der Waals surface area contributed by atoms with E-state index in [9.17, 15) is 22.8 Å². The standard InChI is InChI=1S/C24H29F3N8O3/c25-24(26,27)22-19(13-31-32-23(22)37)35-5-1-2-18(35)15-38-14-17(29)10-21(36)34-8-6-33(7-9-34)20-4-3-16(11-28)12-30-20/h3-4,12-13,17-18H,1-2,5-10,14-15,29H2,(H,32,37)/t17?,18-/m0/s1. The molecule has 0 aromatic carbocycles. The molecule has 14 heteroatoms. The summed E-state index contributed by atoms with van der Waals surface area (Å²) >= 11 is 0. The van der Waals surface area contributed by atoms with Crippen molar-refractivity contribution in [1.82, 2.24) is 20.1 Å². The molecular weight excluding hydrogens is 505 g/mol. The predicted molar refractivity (Wildman–Crippen MR) is 131 cm³/mol. The van der Waals surface area contributed by atoms with E-state index in [1.165, 1.54) is 11.1 Å². The van der Waals surface area contributed by atoms with Crippen molar-refractivity contribution in [2.75, 3.05) is 55.7 Å². The number of piperazine rings is 1. The minimum atomic E-state index is -4.81. The Morgan fingerprint density at radius 2 is 2.00 bits per heavy atom. The Hall–Kier alpha value is -3.70. The Kier molecular flexibility index (Phi) is 8.48. The van der Waals surface area contributed by atoms with E-state index < -0.39 is 23.3 Å². The number of hydrogen-bond acceptors (Lipinski definition) is 9. The van der Waals surface area contributed by atoms with Gasteiger partial charge in [0.05, 0.1) is 36.7 Å². The molecule has 0 bridgehead atoms. The number of nitrogens with one attached hydrogen (secondary N) is 1.